The van der Waals surface area contributed by atoms with Gasteiger partial charge in [-0.2, -0.15) is 0 Å². The topological polar surface area (TPSA) is 0 Å². The van der Waals surface area contributed by atoms with Gasteiger partial charge in [0.25, 0.3) is 0 Å². The molecule has 0 heterocycles. The van der Waals surface area contributed by atoms with Gasteiger partial charge in [0.05, 0.1) is 11.1 Å². The summed E-state index contributed by atoms with van der Waals surface area (Å²) in [6.07, 6.45) is 17.5. The van der Waals surface area contributed by atoms with Crippen molar-refractivity contribution in [3.8, 4) is 23.7 Å². The highest BCUT2D eigenvalue weighted by atomic mass is 19.1. The van der Waals surface area contributed by atoms with E-state index in [-0.39, 0.29) is 11.1 Å². The van der Waals surface area contributed by atoms with Crippen LogP contribution in [0.3, 0.4) is 0 Å². The molecule has 0 aliphatic heterocycles. The van der Waals surface area contributed by atoms with E-state index >= 15 is 0 Å². The third kappa shape index (κ3) is 11.4. The Bertz CT molecular complexity index is 1170. The molecule has 0 atom stereocenters. The minimum absolute atomic E-state index is 0.0400. The Kier molecular flexibility index (Phi) is 14.1. The molecular weight excluding hydrogens is 494 g/mol. The first kappa shape index (κ1) is 31.2. The molecule has 0 radical (unpaired) electrons. The van der Waals surface area contributed by atoms with Crippen molar-refractivity contribution < 1.29 is 8.78 Å². The van der Waals surface area contributed by atoms with Gasteiger partial charge in [-0.15, -0.1) is 0 Å². The van der Waals surface area contributed by atoms with Gasteiger partial charge < -0.3 is 0 Å². The van der Waals surface area contributed by atoms with Gasteiger partial charge >= 0.3 is 0 Å². The van der Waals surface area contributed by atoms with Crippen molar-refractivity contribution in [3.05, 3.63) is 106 Å². The van der Waals surface area contributed by atoms with Gasteiger partial charge in [-0.1, -0.05) is 126 Å². The molecule has 0 N–H and O–H groups in total. The lowest BCUT2D eigenvalue weighted by molar-refractivity contribution is 0.594. The summed E-state index contributed by atoms with van der Waals surface area (Å²) in [6.45, 7) is 4.47. The fourth-order valence-electron chi connectivity index (χ4n) is 4.75. The van der Waals surface area contributed by atoms with Crippen LogP contribution in [0, 0.1) is 35.3 Å². The fraction of sp³-hybridized carbons (Fsp3) is 0.421. The molecule has 0 spiro atoms. The Morgan fingerprint density at radius 2 is 0.800 bits per heavy atom. The second-order valence-corrected chi connectivity index (χ2v) is 10.7. The van der Waals surface area contributed by atoms with Crippen molar-refractivity contribution in [1.82, 2.24) is 0 Å². The number of aryl methyl sites for hydroxylation is 2. The van der Waals surface area contributed by atoms with Crippen LogP contribution in [-0.2, 0) is 12.8 Å². The molecule has 0 aliphatic rings. The molecule has 0 aliphatic carbocycles. The van der Waals surface area contributed by atoms with Gasteiger partial charge in [-0.05, 0) is 73.2 Å². The van der Waals surface area contributed by atoms with E-state index in [1.807, 2.05) is 24.3 Å². The van der Waals surface area contributed by atoms with E-state index in [0.717, 1.165) is 36.1 Å². The molecule has 0 unspecified atom stereocenters. The second-order valence-electron chi connectivity index (χ2n) is 10.7. The van der Waals surface area contributed by atoms with Gasteiger partial charge in [0.15, 0.2) is 0 Å². The summed E-state index contributed by atoms with van der Waals surface area (Å²) in [4.78, 5) is 0. The molecule has 3 rings (SSSR count). The van der Waals surface area contributed by atoms with Gasteiger partial charge in [-0.25, -0.2) is 8.78 Å². The van der Waals surface area contributed by atoms with Crippen molar-refractivity contribution in [1.29, 1.82) is 0 Å². The Balaban J connectivity index is 1.53. The SMILES string of the molecule is CCCCCCCCc1ccc(C#Cc2cc(F)c(C#Cc3ccc(CCCCCCCC)cc3)cc2F)cc1. The lowest BCUT2D eigenvalue weighted by atomic mass is 10.0. The van der Waals surface area contributed by atoms with E-state index in [9.17, 15) is 8.78 Å². The zero-order valence-electron chi connectivity index (χ0n) is 24.4. The number of halogens is 2. The zero-order valence-corrected chi connectivity index (χ0v) is 24.4. The number of unbranched alkanes of at least 4 members (excludes halogenated alkanes) is 10. The Morgan fingerprint density at radius 3 is 1.18 bits per heavy atom. The molecule has 0 saturated heterocycles. The average molecular weight is 539 g/mol. The summed E-state index contributed by atoms with van der Waals surface area (Å²) in [5, 5.41) is 0. The predicted octanol–water partition coefficient (Wildman–Crippen LogP) is 10.6. The lowest BCUT2D eigenvalue weighted by Crippen LogP contribution is -1.92. The van der Waals surface area contributed by atoms with Gasteiger partial charge in [0.2, 0.25) is 0 Å². The van der Waals surface area contributed by atoms with E-state index in [4.69, 9.17) is 0 Å². The van der Waals surface area contributed by atoms with Crippen LogP contribution in [0.4, 0.5) is 8.78 Å². The molecule has 0 bridgehead atoms. The largest absolute Gasteiger partial charge is 0.206 e. The highest BCUT2D eigenvalue weighted by Crippen LogP contribution is 2.16. The first-order valence-corrected chi connectivity index (χ1v) is 15.3. The molecule has 0 aromatic heterocycles. The molecule has 3 aromatic carbocycles. The van der Waals surface area contributed by atoms with E-state index in [2.05, 4.69) is 61.8 Å². The molecule has 210 valence electrons. The molecule has 0 amide bonds. The molecular formula is C38H44F2. The van der Waals surface area contributed by atoms with Crippen LogP contribution < -0.4 is 0 Å². The van der Waals surface area contributed by atoms with Crippen LogP contribution in [0.25, 0.3) is 0 Å². The van der Waals surface area contributed by atoms with E-state index in [0.29, 0.717) is 0 Å². The predicted molar refractivity (Wildman–Crippen MR) is 165 cm³/mol. The normalized spacial score (nSPS) is 10.5. The third-order valence-electron chi connectivity index (χ3n) is 7.29. The monoisotopic (exact) mass is 538 g/mol. The summed E-state index contributed by atoms with van der Waals surface area (Å²) in [6, 6.07) is 18.4. The van der Waals surface area contributed by atoms with Crippen LogP contribution in [0.2, 0.25) is 0 Å². The molecule has 0 saturated carbocycles. The van der Waals surface area contributed by atoms with E-state index in [1.54, 1.807) is 0 Å². The zero-order chi connectivity index (χ0) is 28.4. The van der Waals surface area contributed by atoms with E-state index in [1.165, 1.54) is 88.2 Å². The quantitative estimate of drug-likeness (QED) is 0.141. The highest BCUT2D eigenvalue weighted by molar-refractivity contribution is 5.49. The second kappa shape index (κ2) is 18.1. The van der Waals surface area contributed by atoms with Gasteiger partial charge in [0.1, 0.15) is 11.6 Å². The molecule has 2 heteroatoms. The van der Waals surface area contributed by atoms with Crippen LogP contribution >= 0.6 is 0 Å². The van der Waals surface area contributed by atoms with Gasteiger partial charge in [0, 0.05) is 11.1 Å². The maximum absolute atomic E-state index is 14.7. The van der Waals surface area contributed by atoms with Crippen LogP contribution in [0.5, 0.6) is 0 Å². The van der Waals surface area contributed by atoms with E-state index < -0.39 is 11.6 Å². The number of benzene rings is 3. The van der Waals surface area contributed by atoms with Gasteiger partial charge in [-0.3, -0.25) is 0 Å². The van der Waals surface area contributed by atoms with Crippen LogP contribution in [0.1, 0.15) is 124 Å². The Hall–Kier alpha value is -3.36. The van der Waals surface area contributed by atoms with Crippen molar-refractivity contribution in [3.63, 3.8) is 0 Å². The van der Waals surface area contributed by atoms with Crippen molar-refractivity contribution in [2.24, 2.45) is 0 Å². The smallest absolute Gasteiger partial charge is 0.140 e. The molecule has 0 fully saturated rings. The standard InChI is InChI=1S/C38H44F2/c1-3-5-7-9-11-13-15-31-17-21-33(22-18-31)25-27-35-29-38(40)36(30-37(35)39)28-26-34-23-19-32(20-24-34)16-14-12-10-8-6-4-2/h17-24,29-30H,3-16H2,1-2H3. The average Bonchev–Trinajstić information content (AvgIpc) is 2.97. The van der Waals surface area contributed by atoms with Crippen LogP contribution in [-0.4, -0.2) is 0 Å². The fourth-order valence-corrected chi connectivity index (χ4v) is 4.75. The summed E-state index contributed by atoms with van der Waals surface area (Å²) in [5.41, 5.74) is 4.23. The lowest BCUT2D eigenvalue weighted by Gasteiger charge is -2.02. The maximum Gasteiger partial charge on any atom is 0.140 e. The van der Waals surface area contributed by atoms with Crippen molar-refractivity contribution >= 4 is 0 Å². The summed E-state index contributed by atoms with van der Waals surface area (Å²) in [7, 11) is 0. The number of rotatable bonds is 14. The Morgan fingerprint density at radius 1 is 0.450 bits per heavy atom. The first-order valence-electron chi connectivity index (χ1n) is 15.3. The van der Waals surface area contributed by atoms with Crippen molar-refractivity contribution in [2.45, 2.75) is 104 Å². The highest BCUT2D eigenvalue weighted by Gasteiger charge is 2.07. The maximum atomic E-state index is 14.7. The minimum Gasteiger partial charge on any atom is -0.206 e. The summed E-state index contributed by atoms with van der Waals surface area (Å²) >= 11 is 0. The summed E-state index contributed by atoms with van der Waals surface area (Å²) < 4.78 is 29.4. The number of hydrogen-bond acceptors (Lipinski definition) is 0. The summed E-state index contributed by atoms with van der Waals surface area (Å²) in [5.74, 6) is 10.4. The minimum atomic E-state index is -0.563. The third-order valence-corrected chi connectivity index (χ3v) is 7.29. The molecule has 40 heavy (non-hydrogen) atoms. The van der Waals surface area contributed by atoms with Crippen LogP contribution in [0.15, 0.2) is 60.7 Å². The molecule has 0 nitrogen and oxygen atoms in total. The van der Waals surface area contributed by atoms with Crippen molar-refractivity contribution in [2.75, 3.05) is 0 Å². The molecule has 3 aromatic rings. The Labute approximate surface area is 241 Å². The number of hydrogen-bond donors (Lipinski definition) is 0. The first-order chi connectivity index (χ1) is 19.6.